The summed E-state index contributed by atoms with van der Waals surface area (Å²) in [6, 6.07) is 75.3. The molecule has 0 fully saturated rings. The van der Waals surface area contributed by atoms with Gasteiger partial charge in [-0.2, -0.15) is 0 Å². The van der Waals surface area contributed by atoms with Crippen molar-refractivity contribution >= 4 is 70.8 Å². The van der Waals surface area contributed by atoms with E-state index in [1.54, 1.807) is 0 Å². The first-order chi connectivity index (χ1) is 30.3. The van der Waals surface area contributed by atoms with Crippen molar-refractivity contribution in [2.24, 2.45) is 0 Å². The molecule has 0 amide bonds. The van der Waals surface area contributed by atoms with Crippen molar-refractivity contribution in [1.29, 1.82) is 0 Å². The Morgan fingerprint density at radius 2 is 0.967 bits per heavy atom. The number of fused-ring (bicyclic) bond motifs is 10. The van der Waals surface area contributed by atoms with Gasteiger partial charge >= 0.3 is 0 Å². The van der Waals surface area contributed by atoms with Gasteiger partial charge < -0.3 is 4.40 Å². The standard InChI is InChI=1S/C57H34N4/c1-3-16-36(17-4-1)57(37-18-5-2-6-19-37)45-25-11-7-20-38(45)39-31-30-35(34-46(39)57)54-44-23-8-12-26-47(44)58-56(59-54)61-50-29-15-24-42-40-21-9-13-27-48(40)60-49-28-14-10-22-41(49)43-32-33-51(61)53(52(42)50)55(43)60/h1-34H. The molecule has 282 valence electrons. The molecule has 1 aliphatic rings. The monoisotopic (exact) mass is 774 g/mol. The summed E-state index contributed by atoms with van der Waals surface area (Å²) in [5.41, 5.74) is 15.7. The van der Waals surface area contributed by atoms with Crippen molar-refractivity contribution in [3.05, 3.63) is 229 Å². The minimum atomic E-state index is -0.521. The van der Waals surface area contributed by atoms with Crippen LogP contribution in [0.15, 0.2) is 206 Å². The first-order valence-electron chi connectivity index (χ1n) is 21.0. The number of aromatic nitrogens is 4. The highest BCUT2D eigenvalue weighted by Crippen LogP contribution is 2.57. The van der Waals surface area contributed by atoms with Crippen LogP contribution in [0.25, 0.3) is 99.1 Å². The number of benzene rings is 9. The van der Waals surface area contributed by atoms with Crippen LogP contribution >= 0.6 is 0 Å². The summed E-state index contributed by atoms with van der Waals surface area (Å²) in [6.45, 7) is 0. The van der Waals surface area contributed by atoms with Crippen LogP contribution in [0.2, 0.25) is 0 Å². The Kier molecular flexibility index (Phi) is 6.46. The Hall–Kier alpha value is -8.08. The summed E-state index contributed by atoms with van der Waals surface area (Å²) < 4.78 is 4.79. The van der Waals surface area contributed by atoms with Crippen molar-refractivity contribution in [3.8, 4) is 28.3 Å². The molecule has 4 nitrogen and oxygen atoms in total. The van der Waals surface area contributed by atoms with E-state index in [0.29, 0.717) is 5.95 Å². The van der Waals surface area contributed by atoms with E-state index in [2.05, 4.69) is 215 Å². The zero-order chi connectivity index (χ0) is 39.8. The third-order valence-corrected chi connectivity index (χ3v) is 13.5. The molecule has 0 bridgehead atoms. The molecule has 61 heavy (non-hydrogen) atoms. The number of nitrogens with zero attached hydrogens (tertiary/aromatic N) is 4. The van der Waals surface area contributed by atoms with E-state index in [0.717, 1.165) is 33.2 Å². The van der Waals surface area contributed by atoms with Gasteiger partial charge in [-0.15, -0.1) is 0 Å². The molecule has 0 unspecified atom stereocenters. The summed E-state index contributed by atoms with van der Waals surface area (Å²) in [7, 11) is 0. The van der Waals surface area contributed by atoms with Crippen LogP contribution in [0.3, 0.4) is 0 Å². The van der Waals surface area contributed by atoms with Gasteiger partial charge in [0.25, 0.3) is 0 Å². The Morgan fingerprint density at radius 3 is 1.74 bits per heavy atom. The van der Waals surface area contributed by atoms with Crippen molar-refractivity contribution in [2.75, 3.05) is 0 Å². The highest BCUT2D eigenvalue weighted by atomic mass is 15.2. The largest absolute Gasteiger partial charge is 0.308 e. The first kappa shape index (κ1) is 32.8. The molecule has 0 radical (unpaired) electrons. The Morgan fingerprint density at radius 1 is 0.377 bits per heavy atom. The van der Waals surface area contributed by atoms with Crippen LogP contribution < -0.4 is 0 Å². The number of hydrogen-bond acceptors (Lipinski definition) is 2. The summed E-state index contributed by atoms with van der Waals surface area (Å²) >= 11 is 0. The molecule has 14 rings (SSSR count). The molecule has 9 aromatic carbocycles. The van der Waals surface area contributed by atoms with Crippen molar-refractivity contribution < 1.29 is 0 Å². The minimum Gasteiger partial charge on any atom is -0.308 e. The molecule has 1 aliphatic carbocycles. The second-order valence-electron chi connectivity index (χ2n) is 16.4. The maximum absolute atomic E-state index is 5.66. The zero-order valence-corrected chi connectivity index (χ0v) is 32.9. The van der Waals surface area contributed by atoms with E-state index >= 15 is 0 Å². The summed E-state index contributed by atoms with van der Waals surface area (Å²) in [5, 5.41) is 8.39. The van der Waals surface area contributed by atoms with E-state index in [1.807, 2.05) is 0 Å². The predicted octanol–water partition coefficient (Wildman–Crippen LogP) is 13.9. The van der Waals surface area contributed by atoms with Crippen LogP contribution in [0.4, 0.5) is 0 Å². The van der Waals surface area contributed by atoms with Crippen LogP contribution in [-0.4, -0.2) is 18.9 Å². The van der Waals surface area contributed by atoms with Gasteiger partial charge in [0.05, 0.1) is 44.2 Å². The van der Waals surface area contributed by atoms with E-state index in [9.17, 15) is 0 Å². The van der Waals surface area contributed by atoms with Gasteiger partial charge in [-0.05, 0) is 75.2 Å². The fourth-order valence-corrected chi connectivity index (χ4v) is 11.2. The van der Waals surface area contributed by atoms with Crippen LogP contribution in [0.1, 0.15) is 22.3 Å². The highest BCUT2D eigenvalue weighted by molar-refractivity contribution is 6.33. The lowest BCUT2D eigenvalue weighted by atomic mass is 9.67. The van der Waals surface area contributed by atoms with Crippen molar-refractivity contribution in [3.63, 3.8) is 0 Å². The molecule has 0 saturated heterocycles. The fourth-order valence-electron chi connectivity index (χ4n) is 11.2. The van der Waals surface area contributed by atoms with Crippen LogP contribution in [0.5, 0.6) is 0 Å². The second kappa shape index (κ2) is 12.0. The smallest absolute Gasteiger partial charge is 0.235 e. The van der Waals surface area contributed by atoms with Gasteiger partial charge in [0.15, 0.2) is 0 Å². The summed E-state index contributed by atoms with van der Waals surface area (Å²) in [6.07, 6.45) is 0. The maximum Gasteiger partial charge on any atom is 0.235 e. The van der Waals surface area contributed by atoms with E-state index < -0.39 is 5.41 Å². The lowest BCUT2D eigenvalue weighted by Gasteiger charge is -2.34. The van der Waals surface area contributed by atoms with Gasteiger partial charge in [0.2, 0.25) is 5.95 Å². The topological polar surface area (TPSA) is 35.1 Å². The van der Waals surface area contributed by atoms with Gasteiger partial charge in [0, 0.05) is 37.9 Å². The van der Waals surface area contributed by atoms with Crippen molar-refractivity contribution in [1.82, 2.24) is 18.9 Å². The zero-order valence-electron chi connectivity index (χ0n) is 32.9. The van der Waals surface area contributed by atoms with Gasteiger partial charge in [-0.25, -0.2) is 9.97 Å². The van der Waals surface area contributed by atoms with Crippen LogP contribution in [-0.2, 0) is 5.41 Å². The van der Waals surface area contributed by atoms with Crippen LogP contribution in [0, 0.1) is 0 Å². The number of para-hydroxylation sites is 3. The number of rotatable bonds is 4. The summed E-state index contributed by atoms with van der Waals surface area (Å²) in [5.74, 6) is 0.655. The van der Waals surface area contributed by atoms with Gasteiger partial charge in [-0.1, -0.05) is 170 Å². The molecular weight excluding hydrogens is 741 g/mol. The Labute approximate surface area is 350 Å². The van der Waals surface area contributed by atoms with Gasteiger partial charge in [0.1, 0.15) is 0 Å². The minimum absolute atomic E-state index is 0.521. The third-order valence-electron chi connectivity index (χ3n) is 13.5. The molecule has 4 heteroatoms. The average Bonchev–Trinajstić information content (AvgIpc) is 3.92. The second-order valence-corrected chi connectivity index (χ2v) is 16.4. The Balaban J connectivity index is 1.09. The normalized spacial score (nSPS) is 13.4. The molecule has 0 atom stereocenters. The molecule has 0 N–H and O–H groups in total. The SMILES string of the molecule is c1ccc(C2(c3ccccc3)c3ccccc3-c3ccc(-c4nc(-n5c6cccc7c8ccccc8n8c9ccccc9c9ccc5c(c76)c98)nc5ccccc45)cc32)cc1. The summed E-state index contributed by atoms with van der Waals surface area (Å²) in [4.78, 5) is 11.1. The third kappa shape index (κ3) is 4.18. The predicted molar refractivity (Wildman–Crippen MR) is 251 cm³/mol. The molecule has 4 heterocycles. The Bertz CT molecular complexity index is 3890. The average molecular weight is 775 g/mol. The van der Waals surface area contributed by atoms with E-state index in [1.165, 1.54) is 82.2 Å². The molecule has 13 aromatic rings. The quantitative estimate of drug-likeness (QED) is 0.178. The number of hydrogen-bond donors (Lipinski definition) is 0. The molecule has 0 aliphatic heterocycles. The molecule has 4 aromatic heterocycles. The molecular formula is C57H34N4. The highest BCUT2D eigenvalue weighted by Gasteiger charge is 2.46. The fraction of sp³-hybridized carbons (Fsp3) is 0.0175. The first-order valence-corrected chi connectivity index (χ1v) is 21.0. The van der Waals surface area contributed by atoms with Crippen molar-refractivity contribution in [2.45, 2.75) is 5.41 Å². The maximum atomic E-state index is 5.66. The van der Waals surface area contributed by atoms with E-state index in [-0.39, 0.29) is 0 Å². The molecule has 0 saturated carbocycles. The van der Waals surface area contributed by atoms with Gasteiger partial charge in [-0.3, -0.25) is 4.57 Å². The lowest BCUT2D eigenvalue weighted by molar-refractivity contribution is 0.768. The lowest BCUT2D eigenvalue weighted by Crippen LogP contribution is -2.28. The molecule has 0 spiro atoms. The van der Waals surface area contributed by atoms with E-state index in [4.69, 9.17) is 9.97 Å².